The van der Waals surface area contributed by atoms with E-state index in [-0.39, 0.29) is 69.9 Å². The molecular formula is C47H58N10O7. The molecule has 6 atom stereocenters. The van der Waals surface area contributed by atoms with Crippen LogP contribution >= 0.6 is 0 Å². The summed E-state index contributed by atoms with van der Waals surface area (Å²) in [6, 6.07) is 20.1. The molecule has 0 aliphatic carbocycles. The fourth-order valence-electron chi connectivity index (χ4n) is 8.32. The lowest BCUT2D eigenvalue weighted by atomic mass is 9.94. The SMILES string of the molecule is CC(=O)[C@H](Cc1ccccc1)C(=O)N[C@H]1CCCNC(=O)[C@H](CCCN=C(N)N)NC(=O)[C@H](Cc2c[nH]c3ccccc23)NC(=O)[C@H](Cc2ccccc2)NC(=O)[C@@H]2CCCN2C1=O. The van der Waals surface area contributed by atoms with E-state index in [1.54, 1.807) is 6.20 Å². The van der Waals surface area contributed by atoms with E-state index in [4.69, 9.17) is 11.5 Å². The van der Waals surface area contributed by atoms with E-state index in [0.29, 0.717) is 19.3 Å². The molecular weight excluding hydrogens is 817 g/mol. The summed E-state index contributed by atoms with van der Waals surface area (Å²) in [5, 5.41) is 15.2. The van der Waals surface area contributed by atoms with Crippen LogP contribution in [0.2, 0.25) is 0 Å². The van der Waals surface area contributed by atoms with Crippen LogP contribution in [-0.4, -0.2) is 107 Å². The largest absolute Gasteiger partial charge is 0.370 e. The molecule has 3 heterocycles. The monoisotopic (exact) mass is 874 g/mol. The van der Waals surface area contributed by atoms with Crippen molar-refractivity contribution < 1.29 is 33.6 Å². The first kappa shape index (κ1) is 46.5. The highest BCUT2D eigenvalue weighted by atomic mass is 16.2. The molecule has 0 spiro atoms. The Kier molecular flexibility index (Phi) is 16.2. The quantitative estimate of drug-likeness (QED) is 0.0416. The molecule has 6 amide bonds. The molecule has 0 radical (unpaired) electrons. The zero-order valence-electron chi connectivity index (χ0n) is 36.0. The van der Waals surface area contributed by atoms with Gasteiger partial charge in [-0.3, -0.25) is 38.6 Å². The molecule has 2 saturated heterocycles. The smallest absolute Gasteiger partial charge is 0.245 e. The van der Waals surface area contributed by atoms with Crippen molar-refractivity contribution in [1.82, 2.24) is 36.5 Å². The number of carbonyl (C=O) groups is 7. The predicted molar refractivity (Wildman–Crippen MR) is 241 cm³/mol. The summed E-state index contributed by atoms with van der Waals surface area (Å²) in [4.78, 5) is 107. The molecule has 4 aromatic rings. The molecule has 6 rings (SSSR count). The number of aliphatic imine (C=N–C) groups is 1. The van der Waals surface area contributed by atoms with Gasteiger partial charge in [0.05, 0.1) is 0 Å². The number of fused-ring (bicyclic) bond motifs is 2. The van der Waals surface area contributed by atoms with E-state index in [2.05, 4.69) is 36.6 Å². The Balaban J connectivity index is 1.32. The number of aromatic nitrogens is 1. The average molecular weight is 875 g/mol. The molecule has 0 bridgehead atoms. The first-order chi connectivity index (χ1) is 30.9. The maximum absolute atomic E-state index is 14.5. The van der Waals surface area contributed by atoms with Crippen LogP contribution in [0.3, 0.4) is 0 Å². The fourth-order valence-corrected chi connectivity index (χ4v) is 8.32. The van der Waals surface area contributed by atoms with Crippen molar-refractivity contribution in [2.45, 2.75) is 94.9 Å². The number of nitrogens with zero attached hydrogens (tertiary/aromatic N) is 2. The highest BCUT2D eigenvalue weighted by Crippen LogP contribution is 2.23. The summed E-state index contributed by atoms with van der Waals surface area (Å²) in [7, 11) is 0. The first-order valence-corrected chi connectivity index (χ1v) is 21.9. The van der Waals surface area contributed by atoms with Crippen LogP contribution in [0.1, 0.15) is 62.1 Å². The Hall–Kier alpha value is -7.04. The highest BCUT2D eigenvalue weighted by Gasteiger charge is 2.40. The number of benzene rings is 3. The van der Waals surface area contributed by atoms with Gasteiger partial charge in [0, 0.05) is 49.6 Å². The molecule has 0 unspecified atom stereocenters. The van der Waals surface area contributed by atoms with Crippen molar-refractivity contribution in [2.24, 2.45) is 22.4 Å². The van der Waals surface area contributed by atoms with Crippen molar-refractivity contribution in [2.75, 3.05) is 19.6 Å². The Morgan fingerprint density at radius 3 is 2.11 bits per heavy atom. The minimum atomic E-state index is -1.19. The number of nitrogens with two attached hydrogens (primary N) is 2. The minimum absolute atomic E-state index is 0.0454. The number of hydrogen-bond donors (Lipinski definition) is 8. The molecule has 3 aromatic carbocycles. The molecule has 17 heteroatoms. The standard InChI is InChI=1S/C47H58N10O7/c1-29(58)34(25-30-13-4-2-5-14-30)41(59)54-37-20-11-22-50-42(60)36(19-10-23-51-47(48)49)53-44(62)39(27-32-28-52-35-18-9-8-17-33(32)35)55-43(61)38(26-31-15-6-3-7-16-31)56-45(63)40-21-12-24-57(40)46(37)64/h2-9,13-18,28,34,36-40,52H,10-12,19-27H2,1H3,(H,50,60)(H,53,62)(H,54,59)(H,55,61)(H,56,63)(H4,48,49,51)/t34-,36-,37-,38-,39-,40-/m0/s1. The summed E-state index contributed by atoms with van der Waals surface area (Å²) in [6.07, 6.45) is 3.50. The second-order valence-corrected chi connectivity index (χ2v) is 16.4. The van der Waals surface area contributed by atoms with Crippen molar-refractivity contribution in [3.63, 3.8) is 0 Å². The number of carbonyl (C=O) groups excluding carboxylic acids is 7. The normalized spacial score (nSPS) is 21.9. The number of ketones is 1. The van der Waals surface area contributed by atoms with E-state index in [1.807, 2.05) is 84.9 Å². The third kappa shape index (κ3) is 12.5. The lowest BCUT2D eigenvalue weighted by Gasteiger charge is -2.31. The number of hydrogen-bond acceptors (Lipinski definition) is 8. The van der Waals surface area contributed by atoms with Gasteiger partial charge in [0.15, 0.2) is 5.96 Å². The summed E-state index contributed by atoms with van der Waals surface area (Å²) < 4.78 is 0. The summed E-state index contributed by atoms with van der Waals surface area (Å²) in [5.74, 6) is -5.09. The number of nitrogens with one attached hydrogen (secondary N) is 6. The number of para-hydroxylation sites is 1. The van der Waals surface area contributed by atoms with Gasteiger partial charge in [-0.25, -0.2) is 0 Å². The topological polar surface area (TPSA) is 263 Å². The lowest BCUT2D eigenvalue weighted by Crippen LogP contribution is -2.60. The van der Waals surface area contributed by atoms with Crippen LogP contribution in [0.15, 0.2) is 96.1 Å². The van der Waals surface area contributed by atoms with Gasteiger partial charge in [0.25, 0.3) is 0 Å². The average Bonchev–Trinajstić information content (AvgIpc) is 3.95. The van der Waals surface area contributed by atoms with Crippen molar-refractivity contribution in [1.29, 1.82) is 0 Å². The van der Waals surface area contributed by atoms with Crippen LogP contribution in [0.25, 0.3) is 10.9 Å². The van der Waals surface area contributed by atoms with Gasteiger partial charge < -0.3 is 47.9 Å². The van der Waals surface area contributed by atoms with Crippen molar-refractivity contribution >= 4 is 58.1 Å². The van der Waals surface area contributed by atoms with E-state index < -0.39 is 71.6 Å². The predicted octanol–water partition coefficient (Wildman–Crippen LogP) is 1.29. The number of Topliss-reactive ketones (excluding diaryl/α,β-unsaturated/α-hetero) is 1. The Bertz CT molecular complexity index is 2310. The van der Waals surface area contributed by atoms with Gasteiger partial charge in [-0.2, -0.15) is 0 Å². The molecule has 10 N–H and O–H groups in total. The van der Waals surface area contributed by atoms with Gasteiger partial charge in [-0.15, -0.1) is 0 Å². The Morgan fingerprint density at radius 2 is 1.41 bits per heavy atom. The fraction of sp³-hybridized carbons (Fsp3) is 0.404. The van der Waals surface area contributed by atoms with Gasteiger partial charge in [0.2, 0.25) is 35.4 Å². The Morgan fingerprint density at radius 1 is 0.766 bits per heavy atom. The van der Waals surface area contributed by atoms with Crippen LogP contribution in [0.5, 0.6) is 0 Å². The molecule has 2 aliphatic heterocycles. The molecule has 0 saturated carbocycles. The van der Waals surface area contributed by atoms with E-state index in [1.165, 1.54) is 11.8 Å². The molecule has 2 fully saturated rings. The number of amides is 6. The van der Waals surface area contributed by atoms with Gasteiger partial charge in [-0.1, -0.05) is 78.9 Å². The maximum Gasteiger partial charge on any atom is 0.245 e. The van der Waals surface area contributed by atoms with Crippen LogP contribution in [-0.2, 0) is 52.8 Å². The van der Waals surface area contributed by atoms with Crippen LogP contribution in [0, 0.1) is 5.92 Å². The van der Waals surface area contributed by atoms with Gasteiger partial charge >= 0.3 is 0 Å². The van der Waals surface area contributed by atoms with Crippen LogP contribution in [0.4, 0.5) is 0 Å². The van der Waals surface area contributed by atoms with Crippen LogP contribution < -0.4 is 38.1 Å². The van der Waals surface area contributed by atoms with Crippen molar-refractivity contribution in [3.8, 4) is 0 Å². The third-order valence-corrected chi connectivity index (χ3v) is 11.7. The van der Waals surface area contributed by atoms with E-state index >= 15 is 0 Å². The highest BCUT2D eigenvalue weighted by molar-refractivity contribution is 6.02. The molecule has 64 heavy (non-hydrogen) atoms. The third-order valence-electron chi connectivity index (χ3n) is 11.7. The molecule has 1 aromatic heterocycles. The summed E-state index contributed by atoms with van der Waals surface area (Å²) in [5.41, 5.74) is 14.2. The van der Waals surface area contributed by atoms with E-state index in [0.717, 1.165) is 27.6 Å². The second kappa shape index (κ2) is 22.4. The number of guanidine groups is 1. The zero-order valence-corrected chi connectivity index (χ0v) is 36.0. The molecule has 2 aliphatic rings. The minimum Gasteiger partial charge on any atom is -0.370 e. The van der Waals surface area contributed by atoms with Gasteiger partial charge in [0.1, 0.15) is 41.9 Å². The van der Waals surface area contributed by atoms with Crippen molar-refractivity contribution in [3.05, 3.63) is 108 Å². The Labute approximate surface area is 371 Å². The van der Waals surface area contributed by atoms with Gasteiger partial charge in [-0.05, 0) is 74.6 Å². The number of rotatable bonds is 13. The second-order valence-electron chi connectivity index (χ2n) is 16.4. The zero-order chi connectivity index (χ0) is 45.6. The number of H-pyrrole nitrogens is 1. The van der Waals surface area contributed by atoms with E-state index in [9.17, 15) is 33.6 Å². The first-order valence-electron chi connectivity index (χ1n) is 21.9. The maximum atomic E-state index is 14.5. The summed E-state index contributed by atoms with van der Waals surface area (Å²) >= 11 is 0. The summed E-state index contributed by atoms with van der Waals surface area (Å²) in [6.45, 7) is 1.78. The lowest BCUT2D eigenvalue weighted by molar-refractivity contribution is -0.143. The molecule has 338 valence electrons. The number of aromatic amines is 1. The molecule has 17 nitrogen and oxygen atoms in total.